The first kappa shape index (κ1) is 13.7. The Balaban J connectivity index is 2.26. The van der Waals surface area contributed by atoms with Crippen molar-refractivity contribution in [1.82, 2.24) is 4.98 Å². The van der Waals surface area contributed by atoms with Crippen LogP contribution in [-0.2, 0) is 11.2 Å². The average molecular weight is 320 g/mol. The molecule has 1 N–H and O–H groups in total. The van der Waals surface area contributed by atoms with Gasteiger partial charge in [0, 0.05) is 10.2 Å². The highest BCUT2D eigenvalue weighted by Gasteiger charge is 2.21. The van der Waals surface area contributed by atoms with E-state index in [-0.39, 0.29) is 0 Å². The molecule has 2 aromatic rings. The summed E-state index contributed by atoms with van der Waals surface area (Å²) in [7, 11) is 0. The molecule has 3 nitrogen and oxygen atoms in total. The van der Waals surface area contributed by atoms with Crippen molar-refractivity contribution >= 4 is 21.9 Å². The monoisotopic (exact) mass is 319 g/mol. The number of nitrogens with zero attached hydrogens (tertiary/aromatic N) is 1. The number of pyridine rings is 1. The Hall–Kier alpha value is -1.68. The van der Waals surface area contributed by atoms with Gasteiger partial charge in [-0.2, -0.15) is 0 Å². The van der Waals surface area contributed by atoms with Gasteiger partial charge in [0.25, 0.3) is 0 Å². The van der Waals surface area contributed by atoms with Gasteiger partial charge >= 0.3 is 5.97 Å². The third-order valence-electron chi connectivity index (χ3n) is 2.92. The molecule has 0 aliphatic heterocycles. The molecule has 0 aliphatic carbocycles. The van der Waals surface area contributed by atoms with E-state index in [1.54, 1.807) is 6.07 Å². The maximum absolute atomic E-state index is 11.4. The first-order valence-electron chi connectivity index (χ1n) is 5.97. The van der Waals surface area contributed by atoms with Gasteiger partial charge < -0.3 is 5.11 Å². The minimum Gasteiger partial charge on any atom is -0.481 e. The van der Waals surface area contributed by atoms with E-state index in [1.165, 1.54) is 0 Å². The smallest absolute Gasteiger partial charge is 0.312 e. The van der Waals surface area contributed by atoms with Crippen LogP contribution in [0.1, 0.15) is 22.9 Å². The Labute approximate surface area is 120 Å². The third-order valence-corrected chi connectivity index (χ3v) is 3.45. The predicted octanol–water partition coefficient (Wildman–Crippen LogP) is 3.56. The average Bonchev–Trinajstić information content (AvgIpc) is 2.37. The molecule has 19 heavy (non-hydrogen) atoms. The summed E-state index contributed by atoms with van der Waals surface area (Å²) in [6.07, 6.45) is 0.444. The van der Waals surface area contributed by atoms with Crippen LogP contribution in [0.2, 0.25) is 0 Å². The molecule has 1 aromatic carbocycles. The number of carbonyl (C=O) groups is 1. The Morgan fingerprint density at radius 3 is 2.53 bits per heavy atom. The largest absolute Gasteiger partial charge is 0.481 e. The molecule has 2 rings (SSSR count). The zero-order valence-electron chi connectivity index (χ0n) is 10.5. The standard InChI is InChI=1S/C15H14BrNO2/c1-10-3-2-4-14(17-10)13(15(18)19)9-11-5-7-12(16)8-6-11/h2-8,13H,9H2,1H3,(H,18,19). The highest BCUT2D eigenvalue weighted by atomic mass is 79.9. The van der Waals surface area contributed by atoms with Gasteiger partial charge in [0.15, 0.2) is 0 Å². The number of aromatic nitrogens is 1. The van der Waals surface area contributed by atoms with Crippen LogP contribution in [0.3, 0.4) is 0 Å². The summed E-state index contributed by atoms with van der Waals surface area (Å²) in [5.74, 6) is -1.46. The molecular weight excluding hydrogens is 306 g/mol. The normalized spacial score (nSPS) is 12.1. The van der Waals surface area contributed by atoms with E-state index >= 15 is 0 Å². The molecule has 0 spiro atoms. The molecule has 0 saturated heterocycles. The van der Waals surface area contributed by atoms with E-state index in [2.05, 4.69) is 20.9 Å². The summed E-state index contributed by atoms with van der Waals surface area (Å²) in [6, 6.07) is 13.2. The summed E-state index contributed by atoms with van der Waals surface area (Å²) in [5, 5.41) is 9.38. The lowest BCUT2D eigenvalue weighted by molar-refractivity contribution is -0.138. The number of aryl methyl sites for hydroxylation is 1. The van der Waals surface area contributed by atoms with Crippen LogP contribution < -0.4 is 0 Å². The number of hydrogen-bond donors (Lipinski definition) is 1. The second-order valence-corrected chi connectivity index (χ2v) is 5.34. The van der Waals surface area contributed by atoms with Crippen LogP contribution >= 0.6 is 15.9 Å². The van der Waals surface area contributed by atoms with Gasteiger partial charge in [0.05, 0.1) is 5.69 Å². The molecule has 1 heterocycles. The molecule has 0 radical (unpaired) electrons. The van der Waals surface area contributed by atoms with Crippen molar-refractivity contribution in [3.63, 3.8) is 0 Å². The lowest BCUT2D eigenvalue weighted by Gasteiger charge is -2.12. The van der Waals surface area contributed by atoms with E-state index in [1.807, 2.05) is 43.3 Å². The van der Waals surface area contributed by atoms with Crippen LogP contribution in [-0.4, -0.2) is 16.1 Å². The maximum atomic E-state index is 11.4. The van der Waals surface area contributed by atoms with Crippen LogP contribution in [0, 0.1) is 6.92 Å². The molecule has 4 heteroatoms. The van der Waals surface area contributed by atoms with Crippen LogP contribution in [0.15, 0.2) is 46.9 Å². The number of halogens is 1. The fourth-order valence-corrected chi connectivity index (χ4v) is 2.20. The van der Waals surface area contributed by atoms with E-state index in [9.17, 15) is 9.90 Å². The van der Waals surface area contributed by atoms with Crippen LogP contribution in [0.25, 0.3) is 0 Å². The molecule has 0 fully saturated rings. The molecule has 1 aromatic heterocycles. The number of hydrogen-bond acceptors (Lipinski definition) is 2. The quantitative estimate of drug-likeness (QED) is 0.937. The van der Waals surface area contributed by atoms with Crippen molar-refractivity contribution in [3.05, 3.63) is 63.9 Å². The highest BCUT2D eigenvalue weighted by molar-refractivity contribution is 9.10. The molecule has 0 saturated carbocycles. The van der Waals surface area contributed by atoms with Crippen molar-refractivity contribution in [2.24, 2.45) is 0 Å². The van der Waals surface area contributed by atoms with E-state index < -0.39 is 11.9 Å². The van der Waals surface area contributed by atoms with Crippen LogP contribution in [0.4, 0.5) is 0 Å². The van der Waals surface area contributed by atoms with Gasteiger partial charge in [-0.05, 0) is 43.2 Å². The van der Waals surface area contributed by atoms with Gasteiger partial charge in [0.1, 0.15) is 5.92 Å². The van der Waals surface area contributed by atoms with Gasteiger partial charge in [0.2, 0.25) is 0 Å². The Bertz CT molecular complexity index is 581. The topological polar surface area (TPSA) is 50.2 Å². The van der Waals surface area contributed by atoms with Crippen molar-refractivity contribution in [2.45, 2.75) is 19.3 Å². The Morgan fingerprint density at radius 1 is 1.26 bits per heavy atom. The molecular formula is C15H14BrNO2. The second-order valence-electron chi connectivity index (χ2n) is 4.43. The van der Waals surface area contributed by atoms with Crippen molar-refractivity contribution in [2.75, 3.05) is 0 Å². The zero-order chi connectivity index (χ0) is 13.8. The maximum Gasteiger partial charge on any atom is 0.312 e. The molecule has 0 aliphatic rings. The lowest BCUT2D eigenvalue weighted by atomic mass is 9.95. The lowest BCUT2D eigenvalue weighted by Crippen LogP contribution is -2.16. The summed E-state index contributed by atoms with van der Waals surface area (Å²) in [4.78, 5) is 15.8. The third kappa shape index (κ3) is 3.64. The number of rotatable bonds is 4. The number of benzene rings is 1. The number of carboxylic acids is 1. The molecule has 0 bridgehead atoms. The van der Waals surface area contributed by atoms with Crippen molar-refractivity contribution in [3.8, 4) is 0 Å². The highest BCUT2D eigenvalue weighted by Crippen LogP contribution is 2.21. The Kier molecular flexibility index (Phi) is 4.32. The molecule has 1 atom stereocenters. The van der Waals surface area contributed by atoms with E-state index in [0.29, 0.717) is 12.1 Å². The molecule has 98 valence electrons. The van der Waals surface area contributed by atoms with Crippen molar-refractivity contribution in [1.29, 1.82) is 0 Å². The fourth-order valence-electron chi connectivity index (χ4n) is 1.93. The van der Waals surface area contributed by atoms with Gasteiger partial charge in [-0.25, -0.2) is 0 Å². The number of aliphatic carboxylic acids is 1. The first-order valence-corrected chi connectivity index (χ1v) is 6.76. The van der Waals surface area contributed by atoms with Gasteiger partial charge in [-0.15, -0.1) is 0 Å². The predicted molar refractivity (Wildman–Crippen MR) is 77.2 cm³/mol. The van der Waals surface area contributed by atoms with Crippen LogP contribution in [0.5, 0.6) is 0 Å². The van der Waals surface area contributed by atoms with E-state index in [4.69, 9.17) is 0 Å². The zero-order valence-corrected chi connectivity index (χ0v) is 12.1. The summed E-state index contributed by atoms with van der Waals surface area (Å²) in [6.45, 7) is 1.86. The molecule has 0 amide bonds. The van der Waals surface area contributed by atoms with E-state index in [0.717, 1.165) is 15.7 Å². The minimum atomic E-state index is -0.846. The SMILES string of the molecule is Cc1cccc(C(Cc2ccc(Br)cc2)C(=O)O)n1. The second kappa shape index (κ2) is 5.97. The summed E-state index contributed by atoms with van der Waals surface area (Å²) < 4.78 is 0.983. The number of carboxylic acid groups (broad SMARTS) is 1. The molecule has 1 unspecified atom stereocenters. The summed E-state index contributed by atoms with van der Waals surface area (Å²) >= 11 is 3.37. The van der Waals surface area contributed by atoms with Gasteiger partial charge in [-0.1, -0.05) is 34.1 Å². The minimum absolute atomic E-state index is 0.444. The van der Waals surface area contributed by atoms with Gasteiger partial charge in [-0.3, -0.25) is 9.78 Å². The Morgan fingerprint density at radius 2 is 1.95 bits per heavy atom. The van der Waals surface area contributed by atoms with Crippen molar-refractivity contribution < 1.29 is 9.90 Å². The first-order chi connectivity index (χ1) is 9.06. The summed E-state index contributed by atoms with van der Waals surface area (Å²) in [5.41, 5.74) is 2.42. The fraction of sp³-hybridized carbons (Fsp3) is 0.200.